The Kier molecular flexibility index (Phi) is 3.08. The van der Waals surface area contributed by atoms with Gasteiger partial charge in [0.25, 0.3) is 0 Å². The molecule has 0 rings (SSSR count). The molecular formula is C7H10F4. The van der Waals surface area contributed by atoms with Crippen LogP contribution in [0.3, 0.4) is 0 Å². The predicted octanol–water partition coefficient (Wildman–Crippen LogP) is 3.45. The fourth-order valence-corrected chi connectivity index (χ4v) is 0.568. The lowest BCUT2D eigenvalue weighted by Gasteiger charge is -2.10. The Bertz CT molecular complexity index is 164. The highest BCUT2D eigenvalue weighted by molar-refractivity contribution is 5.12. The van der Waals surface area contributed by atoms with Crippen molar-refractivity contribution in [3.05, 3.63) is 11.4 Å². The molecule has 0 atom stereocenters. The molecule has 66 valence electrons. The second-order valence-corrected chi connectivity index (χ2v) is 2.63. The highest BCUT2D eigenvalue weighted by Gasteiger charge is 2.33. The number of hydrogen-bond donors (Lipinski definition) is 0. The molecule has 0 spiro atoms. The largest absolute Gasteiger partial charge is 0.414 e. The summed E-state index contributed by atoms with van der Waals surface area (Å²) >= 11 is 0. The molecular weight excluding hydrogens is 160 g/mol. The van der Waals surface area contributed by atoms with Gasteiger partial charge in [-0.25, -0.2) is 4.39 Å². The summed E-state index contributed by atoms with van der Waals surface area (Å²) in [5.41, 5.74) is -1.13. The van der Waals surface area contributed by atoms with Crippen molar-refractivity contribution in [2.75, 3.05) is 0 Å². The average Bonchev–Trinajstić information content (AvgIpc) is 1.82. The van der Waals surface area contributed by atoms with E-state index in [0.717, 1.165) is 6.92 Å². The molecule has 11 heavy (non-hydrogen) atoms. The third-order valence-electron chi connectivity index (χ3n) is 1.29. The Balaban J connectivity index is 4.67. The first kappa shape index (κ1) is 10.5. The molecule has 0 aromatic rings. The fourth-order valence-electron chi connectivity index (χ4n) is 0.568. The Morgan fingerprint density at radius 1 is 1.18 bits per heavy atom. The van der Waals surface area contributed by atoms with Crippen LogP contribution in [-0.4, -0.2) is 6.18 Å². The summed E-state index contributed by atoms with van der Waals surface area (Å²) in [6.07, 6.45) is -4.53. The molecule has 0 N–H and O–H groups in total. The summed E-state index contributed by atoms with van der Waals surface area (Å²) in [5.74, 6) is -1.78. The van der Waals surface area contributed by atoms with E-state index in [0.29, 0.717) is 0 Å². The molecule has 0 bridgehead atoms. The summed E-state index contributed by atoms with van der Waals surface area (Å²) in [7, 11) is 0. The first-order chi connectivity index (χ1) is 4.76. The highest BCUT2D eigenvalue weighted by atomic mass is 19.4. The molecule has 0 aliphatic heterocycles. The SMILES string of the molecule is C/C(=C(/F)C(C)C)C(F)(F)F. The summed E-state index contributed by atoms with van der Waals surface area (Å²) in [5, 5.41) is 0. The topological polar surface area (TPSA) is 0 Å². The van der Waals surface area contributed by atoms with Gasteiger partial charge in [0.1, 0.15) is 5.83 Å². The van der Waals surface area contributed by atoms with Gasteiger partial charge in [0, 0.05) is 5.92 Å². The zero-order valence-corrected chi connectivity index (χ0v) is 6.59. The Morgan fingerprint density at radius 3 is 1.64 bits per heavy atom. The van der Waals surface area contributed by atoms with Gasteiger partial charge in [-0.3, -0.25) is 0 Å². The van der Waals surface area contributed by atoms with Crippen LogP contribution in [0.15, 0.2) is 11.4 Å². The molecule has 0 aromatic carbocycles. The number of allylic oxidation sites excluding steroid dienone is 2. The van der Waals surface area contributed by atoms with Crippen LogP contribution in [0.2, 0.25) is 0 Å². The van der Waals surface area contributed by atoms with Gasteiger partial charge in [-0.2, -0.15) is 13.2 Å². The number of rotatable bonds is 1. The van der Waals surface area contributed by atoms with Crippen molar-refractivity contribution < 1.29 is 17.6 Å². The first-order valence-corrected chi connectivity index (χ1v) is 3.20. The fraction of sp³-hybridized carbons (Fsp3) is 0.714. The average molecular weight is 170 g/mol. The second kappa shape index (κ2) is 3.24. The van der Waals surface area contributed by atoms with Crippen LogP contribution in [-0.2, 0) is 0 Å². The van der Waals surface area contributed by atoms with Crippen molar-refractivity contribution in [3.8, 4) is 0 Å². The van der Waals surface area contributed by atoms with E-state index in [1.165, 1.54) is 13.8 Å². The van der Waals surface area contributed by atoms with Crippen LogP contribution in [0.4, 0.5) is 17.6 Å². The smallest absolute Gasteiger partial charge is 0.211 e. The molecule has 0 saturated heterocycles. The summed E-state index contributed by atoms with van der Waals surface area (Å²) in [4.78, 5) is 0. The van der Waals surface area contributed by atoms with Gasteiger partial charge in [0.05, 0.1) is 5.57 Å². The van der Waals surface area contributed by atoms with Crippen LogP contribution in [0.5, 0.6) is 0 Å². The molecule has 0 heterocycles. The zero-order chi connectivity index (χ0) is 9.23. The zero-order valence-electron chi connectivity index (χ0n) is 6.59. The molecule has 0 saturated carbocycles. The molecule has 0 aliphatic carbocycles. The van der Waals surface area contributed by atoms with Gasteiger partial charge < -0.3 is 0 Å². The quantitative estimate of drug-likeness (QED) is 0.529. The monoisotopic (exact) mass is 170 g/mol. The maximum absolute atomic E-state index is 12.6. The molecule has 0 nitrogen and oxygen atoms in total. The summed E-state index contributed by atoms with van der Waals surface area (Å²) in [6, 6.07) is 0. The van der Waals surface area contributed by atoms with Crippen molar-refractivity contribution in [2.24, 2.45) is 5.92 Å². The van der Waals surface area contributed by atoms with Crippen molar-refractivity contribution in [3.63, 3.8) is 0 Å². The van der Waals surface area contributed by atoms with E-state index >= 15 is 0 Å². The maximum Gasteiger partial charge on any atom is 0.414 e. The van der Waals surface area contributed by atoms with Crippen molar-refractivity contribution in [2.45, 2.75) is 26.9 Å². The van der Waals surface area contributed by atoms with E-state index in [4.69, 9.17) is 0 Å². The lowest BCUT2D eigenvalue weighted by atomic mass is 10.1. The van der Waals surface area contributed by atoms with E-state index in [2.05, 4.69) is 0 Å². The number of hydrogen-bond acceptors (Lipinski definition) is 0. The van der Waals surface area contributed by atoms with E-state index < -0.39 is 23.5 Å². The Morgan fingerprint density at radius 2 is 1.55 bits per heavy atom. The Labute approximate surface area is 62.9 Å². The van der Waals surface area contributed by atoms with Gasteiger partial charge in [-0.1, -0.05) is 13.8 Å². The Hall–Kier alpha value is -0.540. The van der Waals surface area contributed by atoms with Crippen molar-refractivity contribution in [1.29, 1.82) is 0 Å². The van der Waals surface area contributed by atoms with E-state index in [-0.39, 0.29) is 0 Å². The lowest BCUT2D eigenvalue weighted by Crippen LogP contribution is -2.12. The molecule has 0 fully saturated rings. The summed E-state index contributed by atoms with van der Waals surface area (Å²) in [6.45, 7) is 3.50. The van der Waals surface area contributed by atoms with Crippen LogP contribution in [0, 0.1) is 5.92 Å². The third-order valence-corrected chi connectivity index (χ3v) is 1.29. The minimum atomic E-state index is -4.53. The predicted molar refractivity (Wildman–Crippen MR) is 34.7 cm³/mol. The first-order valence-electron chi connectivity index (χ1n) is 3.20. The maximum atomic E-state index is 12.6. The van der Waals surface area contributed by atoms with Crippen molar-refractivity contribution in [1.82, 2.24) is 0 Å². The number of halogens is 4. The van der Waals surface area contributed by atoms with Gasteiger partial charge in [0.2, 0.25) is 0 Å². The molecule has 4 heteroatoms. The normalized spacial score (nSPS) is 15.3. The third kappa shape index (κ3) is 2.91. The van der Waals surface area contributed by atoms with Gasteiger partial charge in [0.15, 0.2) is 0 Å². The number of alkyl halides is 3. The molecule has 0 aromatic heterocycles. The van der Waals surface area contributed by atoms with Gasteiger partial charge >= 0.3 is 6.18 Å². The van der Waals surface area contributed by atoms with Crippen LogP contribution < -0.4 is 0 Å². The van der Waals surface area contributed by atoms with E-state index in [9.17, 15) is 17.6 Å². The van der Waals surface area contributed by atoms with Crippen LogP contribution in [0.25, 0.3) is 0 Å². The highest BCUT2D eigenvalue weighted by Crippen LogP contribution is 2.30. The molecule has 0 amide bonds. The standard InChI is InChI=1S/C7H10F4/c1-4(2)6(8)5(3)7(9,10)11/h4H,1-3H3/b6-5-. The molecule has 0 unspecified atom stereocenters. The minimum absolute atomic E-state index is 0.698. The van der Waals surface area contributed by atoms with E-state index in [1.54, 1.807) is 0 Å². The van der Waals surface area contributed by atoms with E-state index in [1.807, 2.05) is 0 Å². The minimum Gasteiger partial charge on any atom is -0.211 e. The lowest BCUT2D eigenvalue weighted by molar-refractivity contribution is -0.0938. The van der Waals surface area contributed by atoms with Crippen LogP contribution >= 0.6 is 0 Å². The molecule has 0 radical (unpaired) electrons. The second-order valence-electron chi connectivity index (χ2n) is 2.63. The van der Waals surface area contributed by atoms with Gasteiger partial charge in [-0.05, 0) is 6.92 Å². The van der Waals surface area contributed by atoms with Crippen LogP contribution in [0.1, 0.15) is 20.8 Å². The van der Waals surface area contributed by atoms with Gasteiger partial charge in [-0.15, -0.1) is 0 Å². The molecule has 0 aliphatic rings. The van der Waals surface area contributed by atoms with Crippen molar-refractivity contribution >= 4 is 0 Å². The summed E-state index contributed by atoms with van der Waals surface area (Å²) < 4.78 is 47.9.